The van der Waals surface area contributed by atoms with Gasteiger partial charge in [-0.05, 0) is 33.5 Å². The van der Waals surface area contributed by atoms with E-state index in [1.165, 1.54) is 5.56 Å². The number of nitrogens with one attached hydrogen (secondary N) is 1. The maximum atomic E-state index is 5.89. The minimum atomic E-state index is 0.413. The van der Waals surface area contributed by atoms with Crippen LogP contribution in [0.5, 0.6) is 0 Å². The van der Waals surface area contributed by atoms with Crippen molar-refractivity contribution in [2.24, 2.45) is 0 Å². The number of nitrogens with zero attached hydrogens (tertiary/aromatic N) is 1. The Bertz CT molecular complexity index is 514. The molecule has 0 aliphatic carbocycles. The molecule has 3 N–H and O–H groups in total. The smallest absolute Gasteiger partial charge is 0.149 e. The van der Waals surface area contributed by atoms with E-state index in [9.17, 15) is 0 Å². The van der Waals surface area contributed by atoms with E-state index in [4.69, 9.17) is 5.73 Å². The van der Waals surface area contributed by atoms with Crippen LogP contribution in [0.25, 0.3) is 0 Å². The van der Waals surface area contributed by atoms with Gasteiger partial charge in [0.05, 0.1) is 5.69 Å². The van der Waals surface area contributed by atoms with Crippen LogP contribution in [0.1, 0.15) is 18.4 Å². The lowest BCUT2D eigenvalue weighted by Crippen LogP contribution is -2.12. The highest BCUT2D eigenvalue weighted by molar-refractivity contribution is 9.10. The number of pyridine rings is 1. The van der Waals surface area contributed by atoms with Gasteiger partial charge in [0.1, 0.15) is 5.82 Å². The molecule has 3 nitrogen and oxygen atoms in total. The maximum Gasteiger partial charge on any atom is 0.149 e. The van der Waals surface area contributed by atoms with Gasteiger partial charge in [0.25, 0.3) is 0 Å². The summed E-state index contributed by atoms with van der Waals surface area (Å²) in [5, 5.41) is 3.28. The molecule has 4 heteroatoms. The third-order valence-corrected chi connectivity index (χ3v) is 3.26. The molecule has 2 aromatic rings. The van der Waals surface area contributed by atoms with Crippen molar-refractivity contribution in [2.75, 3.05) is 17.6 Å². The second kappa shape index (κ2) is 5.87. The Labute approximate surface area is 116 Å². The summed E-state index contributed by atoms with van der Waals surface area (Å²) in [7, 11) is 0. The number of aromatic nitrogens is 1. The second-order valence-electron chi connectivity index (χ2n) is 4.28. The molecule has 2 rings (SSSR count). The zero-order chi connectivity index (χ0) is 13.0. The number of benzene rings is 1. The van der Waals surface area contributed by atoms with Crippen molar-refractivity contribution >= 4 is 27.4 Å². The molecule has 0 saturated carbocycles. The van der Waals surface area contributed by atoms with E-state index < -0.39 is 0 Å². The predicted octanol–water partition coefficient (Wildman–Crippen LogP) is 3.64. The number of halogens is 1. The first-order chi connectivity index (χ1) is 8.66. The maximum absolute atomic E-state index is 5.89. The third kappa shape index (κ3) is 3.23. The zero-order valence-corrected chi connectivity index (χ0v) is 11.8. The van der Waals surface area contributed by atoms with E-state index in [2.05, 4.69) is 57.4 Å². The van der Waals surface area contributed by atoms with Crippen molar-refractivity contribution in [3.8, 4) is 0 Å². The molecule has 1 unspecified atom stereocenters. The summed E-state index contributed by atoms with van der Waals surface area (Å²) in [5.41, 5.74) is 7.85. The fourth-order valence-electron chi connectivity index (χ4n) is 1.75. The Morgan fingerprint density at radius 1 is 1.33 bits per heavy atom. The molecular formula is C14H16BrN3. The average molecular weight is 306 g/mol. The van der Waals surface area contributed by atoms with Gasteiger partial charge >= 0.3 is 0 Å². The molecule has 0 aliphatic heterocycles. The third-order valence-electron chi connectivity index (χ3n) is 2.83. The largest absolute Gasteiger partial charge is 0.396 e. The molecule has 1 aromatic heterocycles. The molecule has 0 spiro atoms. The van der Waals surface area contributed by atoms with Crippen molar-refractivity contribution < 1.29 is 0 Å². The summed E-state index contributed by atoms with van der Waals surface area (Å²) < 4.78 is 0.890. The summed E-state index contributed by atoms with van der Waals surface area (Å²) in [6.45, 7) is 2.99. The van der Waals surface area contributed by atoms with Crippen molar-refractivity contribution in [3.63, 3.8) is 0 Å². The van der Waals surface area contributed by atoms with E-state index in [-0.39, 0.29) is 0 Å². The minimum absolute atomic E-state index is 0.413. The lowest BCUT2D eigenvalue weighted by atomic mass is 10.0. The van der Waals surface area contributed by atoms with Gasteiger partial charge in [-0.15, -0.1) is 0 Å². The molecule has 1 heterocycles. The average Bonchev–Trinajstić information content (AvgIpc) is 2.38. The van der Waals surface area contributed by atoms with Gasteiger partial charge in [-0.3, -0.25) is 0 Å². The highest BCUT2D eigenvalue weighted by Crippen LogP contribution is 2.21. The Kier molecular flexibility index (Phi) is 4.20. The molecule has 0 radical (unpaired) electrons. The van der Waals surface area contributed by atoms with Crippen LogP contribution in [-0.4, -0.2) is 11.5 Å². The monoisotopic (exact) mass is 305 g/mol. The Morgan fingerprint density at radius 3 is 2.72 bits per heavy atom. The van der Waals surface area contributed by atoms with Crippen molar-refractivity contribution in [3.05, 3.63) is 52.6 Å². The molecule has 18 heavy (non-hydrogen) atoms. The molecule has 0 fully saturated rings. The van der Waals surface area contributed by atoms with Crippen molar-refractivity contribution in [1.29, 1.82) is 0 Å². The van der Waals surface area contributed by atoms with Gasteiger partial charge in [0.15, 0.2) is 0 Å². The number of nitrogens with two attached hydrogens (primary N) is 1. The zero-order valence-electron chi connectivity index (χ0n) is 10.2. The molecule has 94 valence electrons. The normalized spacial score (nSPS) is 12.1. The number of hydrogen-bond acceptors (Lipinski definition) is 3. The van der Waals surface area contributed by atoms with E-state index >= 15 is 0 Å². The van der Waals surface area contributed by atoms with Crippen LogP contribution < -0.4 is 11.1 Å². The fraction of sp³-hybridized carbons (Fsp3) is 0.214. The van der Waals surface area contributed by atoms with E-state index in [1.54, 1.807) is 6.20 Å². The Hall–Kier alpha value is -1.55. The Morgan fingerprint density at radius 2 is 2.06 bits per heavy atom. The summed E-state index contributed by atoms with van der Waals surface area (Å²) in [4.78, 5) is 4.26. The standard InChI is InChI=1S/C14H16BrN3/c1-10(11-5-3-2-4-6-11)8-17-14-13(16)7-12(15)9-18-14/h2-7,9-10H,8,16H2,1H3,(H,17,18). The fourth-order valence-corrected chi connectivity index (χ4v) is 2.10. The first kappa shape index (κ1) is 12.9. The molecule has 0 bridgehead atoms. The first-order valence-electron chi connectivity index (χ1n) is 5.86. The van der Waals surface area contributed by atoms with Gasteiger partial charge in [0.2, 0.25) is 0 Å². The summed E-state index contributed by atoms with van der Waals surface area (Å²) in [5.74, 6) is 1.15. The van der Waals surface area contributed by atoms with Crippen LogP contribution in [0.15, 0.2) is 47.1 Å². The summed E-state index contributed by atoms with van der Waals surface area (Å²) in [6, 6.07) is 12.2. The molecule has 0 amide bonds. The number of hydrogen-bond donors (Lipinski definition) is 2. The number of anilines is 2. The van der Waals surface area contributed by atoms with E-state index in [0.717, 1.165) is 16.8 Å². The first-order valence-corrected chi connectivity index (χ1v) is 6.66. The number of nitrogen functional groups attached to an aromatic ring is 1. The number of rotatable bonds is 4. The van der Waals surface area contributed by atoms with Gasteiger partial charge in [-0.25, -0.2) is 4.98 Å². The lowest BCUT2D eigenvalue weighted by molar-refractivity contribution is 0.802. The van der Waals surface area contributed by atoms with E-state index in [0.29, 0.717) is 11.6 Å². The quantitative estimate of drug-likeness (QED) is 0.906. The summed E-state index contributed by atoms with van der Waals surface area (Å²) in [6.07, 6.45) is 1.74. The topological polar surface area (TPSA) is 50.9 Å². The highest BCUT2D eigenvalue weighted by Gasteiger charge is 2.06. The molecule has 0 saturated heterocycles. The lowest BCUT2D eigenvalue weighted by Gasteiger charge is -2.14. The summed E-state index contributed by atoms with van der Waals surface area (Å²) >= 11 is 3.34. The van der Waals surface area contributed by atoms with Crippen LogP contribution >= 0.6 is 15.9 Å². The van der Waals surface area contributed by atoms with Crippen molar-refractivity contribution in [1.82, 2.24) is 4.98 Å². The highest BCUT2D eigenvalue weighted by atomic mass is 79.9. The molecule has 1 aromatic carbocycles. The predicted molar refractivity (Wildman–Crippen MR) is 79.7 cm³/mol. The molecule has 1 atom stereocenters. The van der Waals surface area contributed by atoms with Gasteiger partial charge in [-0.1, -0.05) is 37.3 Å². The van der Waals surface area contributed by atoms with Crippen LogP contribution in [0.2, 0.25) is 0 Å². The van der Waals surface area contributed by atoms with Crippen molar-refractivity contribution in [2.45, 2.75) is 12.8 Å². The molecular weight excluding hydrogens is 290 g/mol. The van der Waals surface area contributed by atoms with Crippen LogP contribution in [0, 0.1) is 0 Å². The Balaban J connectivity index is 1.99. The second-order valence-corrected chi connectivity index (χ2v) is 5.20. The minimum Gasteiger partial charge on any atom is -0.396 e. The van der Waals surface area contributed by atoms with Crippen LogP contribution in [0.3, 0.4) is 0 Å². The molecule has 0 aliphatic rings. The SMILES string of the molecule is CC(CNc1ncc(Br)cc1N)c1ccccc1. The van der Waals surface area contributed by atoms with Crippen LogP contribution in [0.4, 0.5) is 11.5 Å². The van der Waals surface area contributed by atoms with Gasteiger partial charge in [0, 0.05) is 17.2 Å². The van der Waals surface area contributed by atoms with Crippen LogP contribution in [-0.2, 0) is 0 Å². The van der Waals surface area contributed by atoms with E-state index in [1.807, 2.05) is 12.1 Å². The van der Waals surface area contributed by atoms with Gasteiger partial charge < -0.3 is 11.1 Å². The van der Waals surface area contributed by atoms with Gasteiger partial charge in [-0.2, -0.15) is 0 Å².